The predicted molar refractivity (Wildman–Crippen MR) is 118 cm³/mol. The van der Waals surface area contributed by atoms with E-state index in [2.05, 4.69) is 15.6 Å². The molecule has 1 aromatic heterocycles. The maximum Gasteiger partial charge on any atom is 0.255 e. The molecule has 2 aromatic carbocycles. The molecule has 1 heterocycles. The molecule has 0 aliphatic rings. The summed E-state index contributed by atoms with van der Waals surface area (Å²) in [5.41, 5.74) is 2.67. The Kier molecular flexibility index (Phi) is 7.40. The Balaban J connectivity index is 1.46. The number of carbonyl (C=O) groups is 2. The van der Waals surface area contributed by atoms with Crippen molar-refractivity contribution in [3.05, 3.63) is 83.1 Å². The number of ether oxygens (including phenoxy) is 1. The molecule has 0 aliphatic carbocycles. The lowest BCUT2D eigenvalue weighted by Gasteiger charge is -2.10. The number of rotatable bonds is 8. The SMILES string of the molecule is Cc1cc(Cl)ccc1OCCCC(=O)Nc1cccc(NC(=O)c2ccncc2)c1. The zero-order chi connectivity index (χ0) is 21.3. The number of hydrogen-bond acceptors (Lipinski definition) is 4. The summed E-state index contributed by atoms with van der Waals surface area (Å²) in [6, 6.07) is 15.7. The van der Waals surface area contributed by atoms with Gasteiger partial charge in [-0.1, -0.05) is 17.7 Å². The normalized spacial score (nSPS) is 10.3. The molecule has 30 heavy (non-hydrogen) atoms. The van der Waals surface area contributed by atoms with Crippen molar-refractivity contribution in [1.29, 1.82) is 0 Å². The fraction of sp³-hybridized carbons (Fsp3) is 0.174. The van der Waals surface area contributed by atoms with Crippen LogP contribution in [0, 0.1) is 6.92 Å². The van der Waals surface area contributed by atoms with Gasteiger partial charge in [0, 0.05) is 40.8 Å². The molecule has 0 saturated carbocycles. The van der Waals surface area contributed by atoms with Crippen LogP contribution in [0.4, 0.5) is 11.4 Å². The Hall–Kier alpha value is -3.38. The molecule has 0 atom stereocenters. The number of amides is 2. The van der Waals surface area contributed by atoms with Gasteiger partial charge in [0.25, 0.3) is 5.91 Å². The van der Waals surface area contributed by atoms with Crippen LogP contribution in [0.2, 0.25) is 5.02 Å². The number of hydrogen-bond donors (Lipinski definition) is 2. The van der Waals surface area contributed by atoms with Crippen LogP contribution in [0.15, 0.2) is 67.0 Å². The molecule has 6 nitrogen and oxygen atoms in total. The number of pyridine rings is 1. The van der Waals surface area contributed by atoms with E-state index in [0.29, 0.717) is 41.4 Å². The van der Waals surface area contributed by atoms with Crippen molar-refractivity contribution in [2.24, 2.45) is 0 Å². The molecule has 0 unspecified atom stereocenters. The fourth-order valence-electron chi connectivity index (χ4n) is 2.79. The van der Waals surface area contributed by atoms with Crippen molar-refractivity contribution in [1.82, 2.24) is 4.98 Å². The first kappa shape index (κ1) is 21.3. The lowest BCUT2D eigenvalue weighted by atomic mass is 10.2. The third-order valence-electron chi connectivity index (χ3n) is 4.29. The molecule has 154 valence electrons. The van der Waals surface area contributed by atoms with E-state index < -0.39 is 0 Å². The molecule has 2 N–H and O–H groups in total. The second-order valence-corrected chi connectivity index (χ2v) is 7.12. The number of halogens is 1. The molecule has 3 rings (SSSR count). The average molecular weight is 424 g/mol. The third kappa shape index (κ3) is 6.32. The second kappa shape index (κ2) is 10.4. The van der Waals surface area contributed by atoms with Crippen molar-refractivity contribution >= 4 is 34.8 Å². The fourth-order valence-corrected chi connectivity index (χ4v) is 3.02. The number of nitrogens with zero attached hydrogens (tertiary/aromatic N) is 1. The summed E-state index contributed by atoms with van der Waals surface area (Å²) in [4.78, 5) is 28.3. The van der Waals surface area contributed by atoms with Gasteiger partial charge in [-0.05, 0) is 67.4 Å². The van der Waals surface area contributed by atoms with Crippen LogP contribution in [0.3, 0.4) is 0 Å². The van der Waals surface area contributed by atoms with E-state index in [0.717, 1.165) is 11.3 Å². The Morgan fingerprint density at radius 1 is 1.00 bits per heavy atom. The maximum absolute atomic E-state index is 12.2. The third-order valence-corrected chi connectivity index (χ3v) is 4.52. The van der Waals surface area contributed by atoms with E-state index >= 15 is 0 Å². The van der Waals surface area contributed by atoms with E-state index in [-0.39, 0.29) is 11.8 Å². The topological polar surface area (TPSA) is 80.3 Å². The van der Waals surface area contributed by atoms with Crippen molar-refractivity contribution < 1.29 is 14.3 Å². The summed E-state index contributed by atoms with van der Waals surface area (Å²) in [6.45, 7) is 2.35. The Morgan fingerprint density at radius 3 is 2.47 bits per heavy atom. The molecule has 0 fully saturated rings. The highest BCUT2D eigenvalue weighted by Crippen LogP contribution is 2.22. The van der Waals surface area contributed by atoms with E-state index in [4.69, 9.17) is 16.3 Å². The summed E-state index contributed by atoms with van der Waals surface area (Å²) < 4.78 is 5.71. The van der Waals surface area contributed by atoms with Gasteiger partial charge in [0.05, 0.1) is 6.61 Å². The van der Waals surface area contributed by atoms with Crippen molar-refractivity contribution in [2.45, 2.75) is 19.8 Å². The predicted octanol–water partition coefficient (Wildman–Crippen LogP) is 5.09. The van der Waals surface area contributed by atoms with E-state index in [9.17, 15) is 9.59 Å². The zero-order valence-corrected chi connectivity index (χ0v) is 17.3. The minimum atomic E-state index is -0.240. The minimum Gasteiger partial charge on any atom is -0.493 e. The van der Waals surface area contributed by atoms with Gasteiger partial charge in [-0.15, -0.1) is 0 Å². The summed E-state index contributed by atoms with van der Waals surface area (Å²) in [5, 5.41) is 6.31. The van der Waals surface area contributed by atoms with Crippen LogP contribution in [-0.4, -0.2) is 23.4 Å². The lowest BCUT2D eigenvalue weighted by molar-refractivity contribution is -0.116. The number of anilines is 2. The summed E-state index contributed by atoms with van der Waals surface area (Å²) in [6.07, 6.45) is 4.01. The largest absolute Gasteiger partial charge is 0.493 e. The van der Waals surface area contributed by atoms with E-state index in [1.165, 1.54) is 0 Å². The van der Waals surface area contributed by atoms with Crippen LogP contribution in [0.5, 0.6) is 5.75 Å². The molecule has 0 radical (unpaired) electrons. The number of benzene rings is 2. The molecule has 0 saturated heterocycles. The highest BCUT2D eigenvalue weighted by Gasteiger charge is 2.08. The summed E-state index contributed by atoms with van der Waals surface area (Å²) >= 11 is 5.93. The summed E-state index contributed by atoms with van der Waals surface area (Å²) in [5.74, 6) is 0.400. The number of nitrogens with one attached hydrogen (secondary N) is 2. The maximum atomic E-state index is 12.2. The molecule has 3 aromatic rings. The molecule has 2 amide bonds. The first-order valence-corrected chi connectivity index (χ1v) is 9.89. The van der Waals surface area contributed by atoms with Crippen molar-refractivity contribution in [2.75, 3.05) is 17.2 Å². The monoisotopic (exact) mass is 423 g/mol. The average Bonchev–Trinajstić information content (AvgIpc) is 2.73. The van der Waals surface area contributed by atoms with Gasteiger partial charge < -0.3 is 15.4 Å². The lowest BCUT2D eigenvalue weighted by Crippen LogP contribution is -2.14. The first-order chi connectivity index (χ1) is 14.5. The molecule has 0 aliphatic heterocycles. The van der Waals surface area contributed by atoms with Crippen LogP contribution >= 0.6 is 11.6 Å². The van der Waals surface area contributed by atoms with E-state index in [1.54, 1.807) is 54.9 Å². The van der Waals surface area contributed by atoms with Crippen LogP contribution < -0.4 is 15.4 Å². The Labute approximate surface area is 180 Å². The molecular formula is C23H22ClN3O3. The smallest absolute Gasteiger partial charge is 0.255 e. The van der Waals surface area contributed by atoms with Gasteiger partial charge >= 0.3 is 0 Å². The standard InChI is InChI=1S/C23H22ClN3O3/c1-16-14-18(24)7-8-21(16)30-13-3-6-22(28)26-19-4-2-5-20(15-19)27-23(29)17-9-11-25-12-10-17/h2,4-5,7-12,14-15H,3,6,13H2,1H3,(H,26,28)(H,27,29). The van der Waals surface area contributed by atoms with Crippen LogP contribution in [0.25, 0.3) is 0 Å². The van der Waals surface area contributed by atoms with Gasteiger partial charge in [0.1, 0.15) is 5.75 Å². The zero-order valence-electron chi connectivity index (χ0n) is 16.5. The van der Waals surface area contributed by atoms with Gasteiger partial charge in [0.2, 0.25) is 5.91 Å². The minimum absolute atomic E-state index is 0.121. The van der Waals surface area contributed by atoms with Gasteiger partial charge in [0.15, 0.2) is 0 Å². The highest BCUT2D eigenvalue weighted by atomic mass is 35.5. The quantitative estimate of drug-likeness (QED) is 0.494. The first-order valence-electron chi connectivity index (χ1n) is 9.51. The highest BCUT2D eigenvalue weighted by molar-refractivity contribution is 6.30. The molecule has 0 bridgehead atoms. The number of aromatic nitrogens is 1. The van der Waals surface area contributed by atoms with Crippen molar-refractivity contribution in [3.63, 3.8) is 0 Å². The van der Waals surface area contributed by atoms with Gasteiger partial charge in [-0.2, -0.15) is 0 Å². The molecular weight excluding hydrogens is 402 g/mol. The van der Waals surface area contributed by atoms with Gasteiger partial charge in [-0.3, -0.25) is 14.6 Å². The van der Waals surface area contributed by atoms with Gasteiger partial charge in [-0.25, -0.2) is 0 Å². The number of carbonyl (C=O) groups excluding carboxylic acids is 2. The van der Waals surface area contributed by atoms with Crippen LogP contribution in [-0.2, 0) is 4.79 Å². The Morgan fingerprint density at radius 2 is 1.73 bits per heavy atom. The second-order valence-electron chi connectivity index (χ2n) is 6.68. The van der Waals surface area contributed by atoms with Crippen molar-refractivity contribution in [3.8, 4) is 5.75 Å². The molecule has 0 spiro atoms. The summed E-state index contributed by atoms with van der Waals surface area (Å²) in [7, 11) is 0. The number of aryl methyl sites for hydroxylation is 1. The molecule has 7 heteroatoms. The Bertz CT molecular complexity index is 1030. The van der Waals surface area contributed by atoms with E-state index in [1.807, 2.05) is 19.1 Å². The van der Waals surface area contributed by atoms with Crippen LogP contribution in [0.1, 0.15) is 28.8 Å².